The van der Waals surface area contributed by atoms with Gasteiger partial charge >= 0.3 is 11.1 Å². The largest absolute Gasteiger partial charge is 0.316 e. The van der Waals surface area contributed by atoms with E-state index in [9.17, 15) is 18.0 Å². The van der Waals surface area contributed by atoms with E-state index in [1.54, 1.807) is 0 Å². The molecule has 2 aromatic rings. The van der Waals surface area contributed by atoms with Crippen molar-refractivity contribution in [3.63, 3.8) is 0 Å². The minimum absolute atomic E-state index is 0.149. The van der Waals surface area contributed by atoms with Crippen LogP contribution in [0.5, 0.6) is 0 Å². The van der Waals surface area contributed by atoms with Gasteiger partial charge in [-0.1, -0.05) is 0 Å². The number of aromatic nitrogens is 2. The Bertz CT molecular complexity index is 774. The Morgan fingerprint density at radius 2 is 1.56 bits per heavy atom. The number of benzene rings is 1. The fourth-order valence-electron chi connectivity index (χ4n) is 1.25. The van der Waals surface area contributed by atoms with Crippen molar-refractivity contribution in [2.45, 2.75) is 4.90 Å². The van der Waals surface area contributed by atoms with Crippen LogP contribution in [0, 0.1) is 0 Å². The second kappa shape index (κ2) is 3.46. The number of aromatic amines is 2. The molecule has 0 amide bonds. The lowest BCUT2D eigenvalue weighted by molar-refractivity contribution is 0.609. The molecular formula is C8H5ClN2O4S. The maximum atomic E-state index is 11.0. The second-order valence-electron chi connectivity index (χ2n) is 3.05. The van der Waals surface area contributed by atoms with E-state index in [-0.39, 0.29) is 10.4 Å². The minimum Gasteiger partial charge on any atom is -0.316 e. The second-order valence-corrected chi connectivity index (χ2v) is 5.62. The highest BCUT2D eigenvalue weighted by molar-refractivity contribution is 8.13. The van der Waals surface area contributed by atoms with Crippen molar-refractivity contribution < 1.29 is 8.42 Å². The zero-order valence-corrected chi connectivity index (χ0v) is 9.22. The lowest BCUT2D eigenvalue weighted by Crippen LogP contribution is -2.28. The third-order valence-electron chi connectivity index (χ3n) is 1.98. The van der Waals surface area contributed by atoms with Crippen LogP contribution in [0.1, 0.15) is 0 Å². The summed E-state index contributed by atoms with van der Waals surface area (Å²) in [6.07, 6.45) is 0. The van der Waals surface area contributed by atoms with Gasteiger partial charge in [-0.2, -0.15) is 0 Å². The Hall–Kier alpha value is -1.60. The van der Waals surface area contributed by atoms with Crippen LogP contribution in [0.15, 0.2) is 32.7 Å². The number of hydrogen-bond acceptors (Lipinski definition) is 4. The van der Waals surface area contributed by atoms with Crippen molar-refractivity contribution in [2.75, 3.05) is 0 Å². The van der Waals surface area contributed by atoms with Gasteiger partial charge in [0.2, 0.25) is 0 Å². The average molecular weight is 261 g/mol. The van der Waals surface area contributed by atoms with E-state index < -0.39 is 20.2 Å². The summed E-state index contributed by atoms with van der Waals surface area (Å²) in [5.41, 5.74) is -1.12. The topological polar surface area (TPSA) is 99.9 Å². The number of hydrogen-bond donors (Lipinski definition) is 2. The summed E-state index contributed by atoms with van der Waals surface area (Å²) < 4.78 is 22.1. The van der Waals surface area contributed by atoms with Crippen molar-refractivity contribution in [2.24, 2.45) is 0 Å². The first-order chi connectivity index (χ1) is 7.38. The molecule has 0 unspecified atom stereocenters. The summed E-state index contributed by atoms with van der Waals surface area (Å²) in [7, 11) is 1.28. The summed E-state index contributed by atoms with van der Waals surface area (Å²) in [4.78, 5) is 26.4. The molecule has 0 aliphatic carbocycles. The van der Waals surface area contributed by atoms with E-state index in [0.717, 1.165) is 0 Å². The highest BCUT2D eigenvalue weighted by Gasteiger charge is 2.11. The Kier molecular flexibility index (Phi) is 2.36. The van der Waals surface area contributed by atoms with E-state index >= 15 is 0 Å². The fourth-order valence-corrected chi connectivity index (χ4v) is 2.02. The molecule has 1 heterocycles. The Morgan fingerprint density at radius 3 is 2.12 bits per heavy atom. The predicted molar refractivity (Wildman–Crippen MR) is 58.2 cm³/mol. The van der Waals surface area contributed by atoms with Crippen LogP contribution in [0.2, 0.25) is 0 Å². The number of rotatable bonds is 1. The van der Waals surface area contributed by atoms with Gasteiger partial charge in [-0.3, -0.25) is 9.59 Å². The quantitative estimate of drug-likeness (QED) is 0.563. The molecular weight excluding hydrogens is 256 g/mol. The first kappa shape index (κ1) is 10.9. The highest BCUT2D eigenvalue weighted by atomic mass is 35.7. The first-order valence-electron chi connectivity index (χ1n) is 4.09. The molecule has 1 aromatic heterocycles. The predicted octanol–water partition coefficient (Wildman–Crippen LogP) is 0.144. The van der Waals surface area contributed by atoms with E-state index in [1.807, 2.05) is 0 Å². The molecule has 0 radical (unpaired) electrons. The van der Waals surface area contributed by atoms with Crippen molar-refractivity contribution in [3.8, 4) is 0 Å². The first-order valence-corrected chi connectivity index (χ1v) is 6.40. The molecule has 6 nitrogen and oxygen atoms in total. The lowest BCUT2D eigenvalue weighted by atomic mass is 10.3. The van der Waals surface area contributed by atoms with Crippen molar-refractivity contribution >= 4 is 30.8 Å². The number of fused-ring (bicyclic) bond motifs is 1. The number of nitrogens with one attached hydrogen (secondary N) is 2. The molecule has 0 fully saturated rings. The summed E-state index contributed by atoms with van der Waals surface area (Å²) in [5.74, 6) is 0. The zero-order chi connectivity index (χ0) is 11.9. The summed E-state index contributed by atoms with van der Waals surface area (Å²) >= 11 is 0. The summed E-state index contributed by atoms with van der Waals surface area (Å²) in [6, 6.07) is 3.76. The normalized spacial score (nSPS) is 11.8. The lowest BCUT2D eigenvalue weighted by Gasteiger charge is -1.99. The van der Waals surface area contributed by atoms with Crippen molar-refractivity contribution in [3.05, 3.63) is 38.9 Å². The minimum atomic E-state index is -3.86. The van der Waals surface area contributed by atoms with Crippen LogP contribution in [0.25, 0.3) is 11.0 Å². The van der Waals surface area contributed by atoms with Gasteiger partial charge in [0.05, 0.1) is 15.9 Å². The SMILES string of the molecule is O=c1[nH]c2ccc(S(=O)(=O)Cl)cc2[nH]c1=O. The van der Waals surface area contributed by atoms with Gasteiger partial charge in [-0.25, -0.2) is 8.42 Å². The highest BCUT2D eigenvalue weighted by Crippen LogP contribution is 2.17. The van der Waals surface area contributed by atoms with E-state index in [4.69, 9.17) is 10.7 Å². The van der Waals surface area contributed by atoms with Crippen LogP contribution in [-0.2, 0) is 9.05 Å². The van der Waals surface area contributed by atoms with Gasteiger partial charge in [0.15, 0.2) is 0 Å². The molecule has 16 heavy (non-hydrogen) atoms. The summed E-state index contributed by atoms with van der Waals surface area (Å²) in [5, 5.41) is 0. The van der Waals surface area contributed by atoms with Gasteiger partial charge in [0.1, 0.15) is 0 Å². The van der Waals surface area contributed by atoms with Crippen LogP contribution in [0.3, 0.4) is 0 Å². The average Bonchev–Trinajstić information content (AvgIpc) is 2.17. The molecule has 0 aliphatic heterocycles. The molecule has 8 heteroatoms. The molecule has 0 bridgehead atoms. The van der Waals surface area contributed by atoms with Gasteiger partial charge in [0, 0.05) is 10.7 Å². The maximum absolute atomic E-state index is 11.0. The molecule has 2 N–H and O–H groups in total. The third kappa shape index (κ3) is 1.86. The van der Waals surface area contributed by atoms with Crippen LogP contribution in [-0.4, -0.2) is 18.4 Å². The molecule has 84 valence electrons. The molecule has 0 atom stereocenters. The molecule has 0 saturated carbocycles. The van der Waals surface area contributed by atoms with Gasteiger partial charge in [0.25, 0.3) is 9.05 Å². The third-order valence-corrected chi connectivity index (χ3v) is 3.33. The molecule has 0 aliphatic rings. The van der Waals surface area contributed by atoms with Gasteiger partial charge < -0.3 is 9.97 Å². The molecule has 1 aromatic carbocycles. The Morgan fingerprint density at radius 1 is 1.00 bits per heavy atom. The van der Waals surface area contributed by atoms with Crippen molar-refractivity contribution in [1.29, 1.82) is 0 Å². The molecule has 2 rings (SSSR count). The zero-order valence-electron chi connectivity index (χ0n) is 7.65. The van der Waals surface area contributed by atoms with Gasteiger partial charge in [-0.15, -0.1) is 0 Å². The monoisotopic (exact) mass is 260 g/mol. The number of H-pyrrole nitrogens is 2. The van der Waals surface area contributed by atoms with E-state index in [0.29, 0.717) is 5.52 Å². The Balaban J connectivity index is 2.87. The van der Waals surface area contributed by atoms with E-state index in [2.05, 4.69) is 9.97 Å². The maximum Gasteiger partial charge on any atom is 0.314 e. The van der Waals surface area contributed by atoms with Crippen LogP contribution in [0.4, 0.5) is 0 Å². The van der Waals surface area contributed by atoms with Crippen LogP contribution < -0.4 is 11.1 Å². The fraction of sp³-hybridized carbons (Fsp3) is 0. The standard InChI is InChI=1S/C8H5ClN2O4S/c9-16(14,15)4-1-2-5-6(3-4)11-8(13)7(12)10-5/h1-3H,(H,10,12)(H,11,13). The summed E-state index contributed by atoms with van der Waals surface area (Å²) in [6.45, 7) is 0. The smallest absolute Gasteiger partial charge is 0.314 e. The molecule has 0 saturated heterocycles. The van der Waals surface area contributed by atoms with E-state index in [1.165, 1.54) is 18.2 Å². The van der Waals surface area contributed by atoms with Gasteiger partial charge in [-0.05, 0) is 18.2 Å². The molecule has 0 spiro atoms. The Labute approximate surface area is 93.3 Å². The van der Waals surface area contributed by atoms with Crippen molar-refractivity contribution in [1.82, 2.24) is 9.97 Å². The van der Waals surface area contributed by atoms with Crippen LogP contribution >= 0.6 is 10.7 Å². The number of halogens is 1.